The number of nitrogens with zero attached hydrogens (tertiary/aromatic N) is 6. The van der Waals surface area contributed by atoms with Crippen molar-refractivity contribution in [1.82, 2.24) is 34.1 Å². The third kappa shape index (κ3) is 3.88. The van der Waals surface area contributed by atoms with Crippen LogP contribution in [-0.4, -0.2) is 40.0 Å². The standard InChI is InChI=1S/C29H26N8O2/c1-4-26(38)35-22-13-18(21-17-36(3)27-19(21)5-7-34-28(27)39)14-23-20(22)6-12-37(23)29(2,24-15-30-8-10-32-24)25-16-31-9-11-33-25/h5-17H,4H2,1-3H3,(H,34,39)(H,35,38). The molecular formula is C29H26N8O2. The largest absolute Gasteiger partial charge is 0.345 e. The van der Waals surface area contributed by atoms with Gasteiger partial charge in [0.1, 0.15) is 11.1 Å². The topological polar surface area (TPSA) is 123 Å². The number of amides is 1. The van der Waals surface area contributed by atoms with Crippen LogP contribution in [0.4, 0.5) is 5.69 Å². The van der Waals surface area contributed by atoms with Crippen LogP contribution in [0.5, 0.6) is 0 Å². The summed E-state index contributed by atoms with van der Waals surface area (Å²) in [6.45, 7) is 3.84. The first-order chi connectivity index (χ1) is 18.9. The van der Waals surface area contributed by atoms with Gasteiger partial charge in [0.2, 0.25) is 5.91 Å². The highest BCUT2D eigenvalue weighted by atomic mass is 16.1. The summed E-state index contributed by atoms with van der Waals surface area (Å²) in [6, 6.07) is 7.89. The van der Waals surface area contributed by atoms with Crippen LogP contribution >= 0.6 is 0 Å². The third-order valence-corrected chi connectivity index (χ3v) is 7.22. The lowest BCUT2D eigenvalue weighted by molar-refractivity contribution is -0.115. The van der Waals surface area contributed by atoms with Crippen molar-refractivity contribution in [2.45, 2.75) is 25.8 Å². The lowest BCUT2D eigenvalue weighted by Gasteiger charge is -2.31. The van der Waals surface area contributed by atoms with Crippen molar-refractivity contribution >= 4 is 33.4 Å². The maximum atomic E-state index is 12.6. The van der Waals surface area contributed by atoms with E-state index < -0.39 is 5.54 Å². The van der Waals surface area contributed by atoms with Gasteiger partial charge in [0.25, 0.3) is 5.56 Å². The summed E-state index contributed by atoms with van der Waals surface area (Å²) in [5.41, 5.74) is 4.16. The van der Waals surface area contributed by atoms with Crippen LogP contribution in [0.3, 0.4) is 0 Å². The zero-order chi connectivity index (χ0) is 27.1. The third-order valence-electron chi connectivity index (χ3n) is 7.22. The summed E-state index contributed by atoms with van der Waals surface area (Å²) in [7, 11) is 1.85. The van der Waals surface area contributed by atoms with Crippen LogP contribution in [0.15, 0.2) is 84.8 Å². The second kappa shape index (κ2) is 9.32. The monoisotopic (exact) mass is 518 g/mol. The number of nitrogens with one attached hydrogen (secondary N) is 2. The molecule has 10 heteroatoms. The number of hydrogen-bond donors (Lipinski definition) is 2. The highest BCUT2D eigenvalue weighted by Crippen LogP contribution is 2.40. The van der Waals surface area contributed by atoms with E-state index in [1.165, 1.54) is 0 Å². The number of fused-ring (bicyclic) bond motifs is 2. The van der Waals surface area contributed by atoms with Crippen molar-refractivity contribution in [2.24, 2.45) is 7.05 Å². The highest BCUT2D eigenvalue weighted by Gasteiger charge is 2.36. The number of H-pyrrole nitrogens is 1. The van der Waals surface area contributed by atoms with E-state index in [1.807, 2.05) is 56.1 Å². The van der Waals surface area contributed by atoms with Crippen molar-refractivity contribution in [3.05, 3.63) is 102 Å². The number of rotatable bonds is 6. The average Bonchev–Trinajstić information content (AvgIpc) is 3.56. The van der Waals surface area contributed by atoms with Crippen LogP contribution in [-0.2, 0) is 17.4 Å². The Morgan fingerprint density at radius 3 is 2.38 bits per heavy atom. The number of pyridine rings is 1. The van der Waals surface area contributed by atoms with Crippen LogP contribution in [0.2, 0.25) is 0 Å². The molecule has 5 heterocycles. The first-order valence-electron chi connectivity index (χ1n) is 12.6. The molecule has 0 aliphatic carbocycles. The van der Waals surface area contributed by atoms with E-state index in [0.717, 1.165) is 27.4 Å². The summed E-state index contributed by atoms with van der Waals surface area (Å²) in [6.07, 6.45) is 15.9. The molecule has 0 saturated carbocycles. The van der Waals surface area contributed by atoms with Gasteiger partial charge in [0, 0.05) is 73.2 Å². The Balaban J connectivity index is 1.68. The summed E-state index contributed by atoms with van der Waals surface area (Å²) < 4.78 is 3.90. The molecule has 0 unspecified atom stereocenters. The minimum Gasteiger partial charge on any atom is -0.345 e. The van der Waals surface area contributed by atoms with Gasteiger partial charge in [0.15, 0.2) is 0 Å². The van der Waals surface area contributed by atoms with Crippen molar-refractivity contribution in [2.75, 3.05) is 5.32 Å². The second-order valence-electron chi connectivity index (χ2n) is 9.52. The number of benzene rings is 1. The Bertz CT molecular complexity index is 1850. The quantitative estimate of drug-likeness (QED) is 0.340. The van der Waals surface area contributed by atoms with Gasteiger partial charge in [-0.25, -0.2) is 0 Å². The fourth-order valence-electron chi connectivity index (χ4n) is 5.20. The molecule has 0 fully saturated rings. The molecule has 0 aliphatic rings. The molecule has 1 amide bonds. The van der Waals surface area contributed by atoms with Crippen molar-refractivity contribution in [3.8, 4) is 11.1 Å². The lowest BCUT2D eigenvalue weighted by atomic mass is 9.93. The zero-order valence-electron chi connectivity index (χ0n) is 21.7. The molecular weight excluding hydrogens is 492 g/mol. The number of aryl methyl sites for hydroxylation is 1. The fourth-order valence-corrected chi connectivity index (χ4v) is 5.20. The van der Waals surface area contributed by atoms with Gasteiger partial charge in [-0.15, -0.1) is 0 Å². The first kappa shape index (κ1) is 24.2. The van der Waals surface area contributed by atoms with Crippen LogP contribution in [0.25, 0.3) is 32.9 Å². The lowest BCUT2D eigenvalue weighted by Crippen LogP contribution is -2.34. The molecule has 0 spiro atoms. The predicted octanol–water partition coefficient (Wildman–Crippen LogP) is 4.23. The Kier molecular flexibility index (Phi) is 5.79. The molecule has 6 aromatic rings. The first-order valence-corrected chi connectivity index (χ1v) is 12.6. The molecule has 0 saturated heterocycles. The van der Waals surface area contributed by atoms with Crippen LogP contribution < -0.4 is 10.9 Å². The Morgan fingerprint density at radius 2 is 1.74 bits per heavy atom. The molecule has 0 aliphatic heterocycles. The van der Waals surface area contributed by atoms with Gasteiger partial charge < -0.3 is 19.4 Å². The number of carbonyl (C=O) groups is 1. The molecule has 0 atom stereocenters. The zero-order valence-corrected chi connectivity index (χ0v) is 21.7. The minimum atomic E-state index is -0.870. The van der Waals surface area contributed by atoms with Gasteiger partial charge in [0.05, 0.1) is 35.0 Å². The Labute approximate surface area is 223 Å². The molecule has 10 nitrogen and oxygen atoms in total. The summed E-state index contributed by atoms with van der Waals surface area (Å²) in [5.74, 6) is -0.0961. The van der Waals surface area contributed by atoms with E-state index in [-0.39, 0.29) is 11.5 Å². The molecule has 1 aromatic carbocycles. The normalized spacial score (nSPS) is 11.8. The maximum Gasteiger partial charge on any atom is 0.272 e. The van der Waals surface area contributed by atoms with E-state index >= 15 is 0 Å². The minimum absolute atomic E-state index is 0.0961. The highest BCUT2D eigenvalue weighted by molar-refractivity contribution is 6.06. The number of aromatic nitrogens is 7. The van der Waals surface area contributed by atoms with Crippen molar-refractivity contribution < 1.29 is 4.79 Å². The molecule has 2 N–H and O–H groups in total. The maximum absolute atomic E-state index is 12.6. The van der Waals surface area contributed by atoms with Gasteiger partial charge in [-0.05, 0) is 36.8 Å². The molecule has 6 rings (SSSR count). The molecule has 0 radical (unpaired) electrons. The number of carbonyl (C=O) groups excluding carboxylic acids is 1. The Hall–Kier alpha value is -5.12. The predicted molar refractivity (Wildman–Crippen MR) is 149 cm³/mol. The van der Waals surface area contributed by atoms with Crippen LogP contribution in [0, 0.1) is 0 Å². The molecule has 39 heavy (non-hydrogen) atoms. The molecule has 5 aromatic heterocycles. The van der Waals surface area contributed by atoms with Gasteiger partial charge in [-0.3, -0.25) is 29.5 Å². The fraction of sp³-hybridized carbons (Fsp3) is 0.172. The van der Waals surface area contributed by atoms with E-state index in [9.17, 15) is 9.59 Å². The van der Waals surface area contributed by atoms with E-state index in [0.29, 0.717) is 29.0 Å². The van der Waals surface area contributed by atoms with Gasteiger partial charge in [-0.1, -0.05) is 6.92 Å². The average molecular weight is 519 g/mol. The smallest absolute Gasteiger partial charge is 0.272 e. The van der Waals surface area contributed by atoms with Crippen molar-refractivity contribution in [3.63, 3.8) is 0 Å². The Morgan fingerprint density at radius 1 is 1.03 bits per heavy atom. The molecule has 0 bridgehead atoms. The summed E-state index contributed by atoms with van der Waals surface area (Å²) in [4.78, 5) is 45.9. The summed E-state index contributed by atoms with van der Waals surface area (Å²) >= 11 is 0. The number of hydrogen-bond acceptors (Lipinski definition) is 6. The van der Waals surface area contributed by atoms with E-state index in [1.54, 1.807) is 43.4 Å². The SMILES string of the molecule is CCC(=O)Nc1cc(-c2cn(C)c3c(=O)[nH]ccc23)cc2c1ccn2C(C)(c1cnccn1)c1cnccn1. The van der Waals surface area contributed by atoms with E-state index in [2.05, 4.69) is 40.9 Å². The van der Waals surface area contributed by atoms with Crippen LogP contribution in [0.1, 0.15) is 31.7 Å². The van der Waals surface area contributed by atoms with E-state index in [4.69, 9.17) is 0 Å². The second-order valence-corrected chi connectivity index (χ2v) is 9.52. The van der Waals surface area contributed by atoms with Gasteiger partial charge in [-0.2, -0.15) is 0 Å². The number of anilines is 1. The van der Waals surface area contributed by atoms with Crippen molar-refractivity contribution in [1.29, 1.82) is 0 Å². The van der Waals surface area contributed by atoms with Gasteiger partial charge >= 0.3 is 0 Å². The number of aromatic amines is 1. The summed E-state index contributed by atoms with van der Waals surface area (Å²) in [5, 5.41) is 4.75. The molecule has 194 valence electrons.